The number of hydrogen-bond acceptors (Lipinski definition) is 6. The second-order valence-corrected chi connectivity index (χ2v) is 9.55. The molecule has 0 aliphatic carbocycles. The van der Waals surface area contributed by atoms with Crippen LogP contribution in [-0.4, -0.2) is 53.1 Å². The highest BCUT2D eigenvalue weighted by atomic mass is 32.2. The van der Waals surface area contributed by atoms with E-state index in [1.165, 1.54) is 30.6 Å². The Morgan fingerprint density at radius 3 is 2.28 bits per heavy atom. The van der Waals surface area contributed by atoms with E-state index < -0.39 is 19.9 Å². The number of pyridine rings is 1. The fourth-order valence-corrected chi connectivity index (χ4v) is 4.28. The second kappa shape index (κ2) is 7.51. The highest BCUT2D eigenvalue weighted by molar-refractivity contribution is 7.91. The lowest BCUT2D eigenvalue weighted by molar-refractivity contribution is 0.397. The lowest BCUT2D eigenvalue weighted by Crippen LogP contribution is -2.29. The van der Waals surface area contributed by atoms with E-state index in [4.69, 9.17) is 4.74 Å². The van der Waals surface area contributed by atoms with Crippen molar-refractivity contribution >= 4 is 19.9 Å². The molecule has 0 fully saturated rings. The normalized spacial score (nSPS) is 12.3. The molecule has 0 aliphatic heterocycles. The predicted molar refractivity (Wildman–Crippen MR) is 93.9 cm³/mol. The number of sulfonamides is 1. The summed E-state index contributed by atoms with van der Waals surface area (Å²) in [4.78, 5) is 3.67. The summed E-state index contributed by atoms with van der Waals surface area (Å²) in [6, 6.07) is 7.42. The third kappa shape index (κ3) is 4.56. The van der Waals surface area contributed by atoms with Crippen LogP contribution in [0.25, 0.3) is 0 Å². The van der Waals surface area contributed by atoms with Gasteiger partial charge in [-0.15, -0.1) is 0 Å². The average Bonchev–Trinajstić information content (AvgIpc) is 2.59. The monoisotopic (exact) mass is 384 g/mol. The zero-order chi connectivity index (χ0) is 18.7. The number of likely N-dealkylation sites (N-methyl/N-ethyl adjacent to an activating group) is 1. The summed E-state index contributed by atoms with van der Waals surface area (Å²) in [5, 5.41) is 0. The molecule has 2 aromatic rings. The Hall–Kier alpha value is -1.97. The molecule has 0 radical (unpaired) electrons. The summed E-state index contributed by atoms with van der Waals surface area (Å²) in [5.74, 6) is 0.100. The van der Waals surface area contributed by atoms with Crippen LogP contribution in [0.3, 0.4) is 0 Å². The van der Waals surface area contributed by atoms with E-state index in [0.717, 1.165) is 17.9 Å². The van der Waals surface area contributed by atoms with Crippen molar-refractivity contribution in [2.45, 2.75) is 16.2 Å². The Morgan fingerprint density at radius 1 is 1.08 bits per heavy atom. The van der Waals surface area contributed by atoms with Crippen molar-refractivity contribution in [2.75, 3.05) is 27.0 Å². The number of rotatable bonds is 7. The standard InChI is InChI=1S/C16H20N2O5S2/c1-18(11-8-13-6-9-17-10-7-13)25(21,22)16-12-14(24(3,19)20)4-5-15(16)23-2/h4-7,9-10,12H,8,11H2,1-3H3. The molecule has 136 valence electrons. The van der Waals surface area contributed by atoms with Gasteiger partial charge in [-0.2, -0.15) is 0 Å². The molecule has 25 heavy (non-hydrogen) atoms. The molecule has 1 aromatic carbocycles. The summed E-state index contributed by atoms with van der Waals surface area (Å²) in [6.07, 6.45) is 4.82. The Bertz CT molecular complexity index is 942. The molecule has 0 aliphatic rings. The van der Waals surface area contributed by atoms with Crippen molar-refractivity contribution in [3.8, 4) is 5.75 Å². The van der Waals surface area contributed by atoms with E-state index in [9.17, 15) is 16.8 Å². The molecular formula is C16H20N2O5S2. The third-order valence-electron chi connectivity index (χ3n) is 3.72. The van der Waals surface area contributed by atoms with Gasteiger partial charge in [-0.1, -0.05) is 0 Å². The van der Waals surface area contributed by atoms with Crippen LogP contribution in [0.15, 0.2) is 52.5 Å². The van der Waals surface area contributed by atoms with Crippen LogP contribution in [0.1, 0.15) is 5.56 Å². The van der Waals surface area contributed by atoms with Gasteiger partial charge in [-0.3, -0.25) is 4.98 Å². The van der Waals surface area contributed by atoms with Crippen LogP contribution in [0.2, 0.25) is 0 Å². The molecule has 1 heterocycles. The fraction of sp³-hybridized carbons (Fsp3) is 0.312. The van der Waals surface area contributed by atoms with Crippen molar-refractivity contribution < 1.29 is 21.6 Å². The van der Waals surface area contributed by atoms with Gasteiger partial charge < -0.3 is 4.74 Å². The molecule has 0 N–H and O–H groups in total. The lowest BCUT2D eigenvalue weighted by atomic mass is 10.2. The Labute approximate surface area is 148 Å². The van der Waals surface area contributed by atoms with Crippen LogP contribution in [-0.2, 0) is 26.3 Å². The second-order valence-electron chi connectivity index (χ2n) is 5.52. The molecule has 0 saturated heterocycles. The molecule has 0 saturated carbocycles. The first kappa shape index (κ1) is 19.4. The van der Waals surface area contributed by atoms with Gasteiger partial charge in [0.2, 0.25) is 10.0 Å². The Balaban J connectivity index is 2.34. The van der Waals surface area contributed by atoms with E-state index >= 15 is 0 Å². The molecule has 1 aromatic heterocycles. The first-order chi connectivity index (χ1) is 11.7. The van der Waals surface area contributed by atoms with E-state index in [0.29, 0.717) is 6.42 Å². The predicted octanol–water partition coefficient (Wildman–Crippen LogP) is 1.36. The minimum absolute atomic E-state index is 0.0746. The number of methoxy groups -OCH3 is 1. The van der Waals surface area contributed by atoms with E-state index in [1.54, 1.807) is 12.4 Å². The molecule has 9 heteroatoms. The van der Waals surface area contributed by atoms with Crippen LogP contribution in [0, 0.1) is 0 Å². The van der Waals surface area contributed by atoms with Crippen molar-refractivity contribution in [1.29, 1.82) is 0 Å². The summed E-state index contributed by atoms with van der Waals surface area (Å²) in [6.45, 7) is 0.235. The zero-order valence-electron chi connectivity index (χ0n) is 14.2. The molecule has 0 atom stereocenters. The Kier molecular flexibility index (Phi) is 5.81. The molecular weight excluding hydrogens is 364 g/mol. The van der Waals surface area contributed by atoms with Gasteiger partial charge in [-0.05, 0) is 42.3 Å². The number of nitrogens with zero attached hydrogens (tertiary/aromatic N) is 2. The molecule has 0 bridgehead atoms. The zero-order valence-corrected chi connectivity index (χ0v) is 15.8. The van der Waals surface area contributed by atoms with Gasteiger partial charge in [0.15, 0.2) is 9.84 Å². The molecule has 0 unspecified atom stereocenters. The SMILES string of the molecule is COc1ccc(S(C)(=O)=O)cc1S(=O)(=O)N(C)CCc1ccncc1. The van der Waals surface area contributed by atoms with Gasteiger partial charge in [0.25, 0.3) is 0 Å². The van der Waals surface area contributed by atoms with Crippen LogP contribution >= 0.6 is 0 Å². The molecule has 0 amide bonds. The topological polar surface area (TPSA) is 93.6 Å². The van der Waals surface area contributed by atoms with Crippen molar-refractivity contribution in [3.05, 3.63) is 48.3 Å². The molecule has 2 rings (SSSR count). The van der Waals surface area contributed by atoms with E-state index in [1.807, 2.05) is 12.1 Å². The number of ether oxygens (including phenoxy) is 1. The van der Waals surface area contributed by atoms with Crippen LogP contribution < -0.4 is 4.74 Å². The van der Waals surface area contributed by atoms with Gasteiger partial charge in [-0.25, -0.2) is 21.1 Å². The summed E-state index contributed by atoms with van der Waals surface area (Å²) >= 11 is 0. The lowest BCUT2D eigenvalue weighted by Gasteiger charge is -2.19. The third-order valence-corrected chi connectivity index (χ3v) is 6.70. The maximum atomic E-state index is 12.9. The van der Waals surface area contributed by atoms with Crippen molar-refractivity contribution in [1.82, 2.24) is 9.29 Å². The summed E-state index contributed by atoms with van der Waals surface area (Å²) in [7, 11) is -4.66. The minimum Gasteiger partial charge on any atom is -0.495 e. The van der Waals surface area contributed by atoms with Crippen molar-refractivity contribution in [3.63, 3.8) is 0 Å². The molecule has 0 spiro atoms. The minimum atomic E-state index is -3.91. The van der Waals surface area contributed by atoms with Crippen LogP contribution in [0.4, 0.5) is 0 Å². The van der Waals surface area contributed by atoms with E-state index in [-0.39, 0.29) is 22.1 Å². The van der Waals surface area contributed by atoms with E-state index in [2.05, 4.69) is 4.98 Å². The number of aromatic nitrogens is 1. The van der Waals surface area contributed by atoms with Crippen LogP contribution in [0.5, 0.6) is 5.75 Å². The largest absolute Gasteiger partial charge is 0.495 e. The maximum absolute atomic E-state index is 12.9. The van der Waals surface area contributed by atoms with Gasteiger partial charge in [0.1, 0.15) is 10.6 Å². The fourth-order valence-electron chi connectivity index (χ4n) is 2.21. The first-order valence-corrected chi connectivity index (χ1v) is 10.7. The van der Waals surface area contributed by atoms with Gasteiger partial charge in [0, 0.05) is 32.2 Å². The average molecular weight is 384 g/mol. The summed E-state index contributed by atoms with van der Waals surface area (Å²) in [5.41, 5.74) is 0.953. The highest BCUT2D eigenvalue weighted by Gasteiger charge is 2.26. The Morgan fingerprint density at radius 2 is 1.72 bits per heavy atom. The van der Waals surface area contributed by atoms with Gasteiger partial charge >= 0.3 is 0 Å². The van der Waals surface area contributed by atoms with Crippen molar-refractivity contribution in [2.24, 2.45) is 0 Å². The first-order valence-electron chi connectivity index (χ1n) is 7.39. The van der Waals surface area contributed by atoms with Gasteiger partial charge in [0.05, 0.1) is 12.0 Å². The summed E-state index contributed by atoms with van der Waals surface area (Å²) < 4.78 is 55.5. The number of benzene rings is 1. The molecule has 7 nitrogen and oxygen atoms in total. The number of hydrogen-bond donors (Lipinski definition) is 0. The number of sulfone groups is 1. The smallest absolute Gasteiger partial charge is 0.246 e. The quantitative estimate of drug-likeness (QED) is 0.715. The highest BCUT2D eigenvalue weighted by Crippen LogP contribution is 2.29. The maximum Gasteiger partial charge on any atom is 0.246 e.